The van der Waals surface area contributed by atoms with Crippen molar-refractivity contribution in [2.24, 2.45) is 0 Å². The maximum absolute atomic E-state index is 12.2. The van der Waals surface area contributed by atoms with Gasteiger partial charge < -0.3 is 5.32 Å². The zero-order valence-electron chi connectivity index (χ0n) is 10.3. The van der Waals surface area contributed by atoms with Crippen molar-refractivity contribution < 1.29 is 9.72 Å². The molecule has 0 fully saturated rings. The van der Waals surface area contributed by atoms with Crippen LogP contribution in [0.15, 0.2) is 36.4 Å². The van der Waals surface area contributed by atoms with E-state index in [-0.39, 0.29) is 16.3 Å². The lowest BCUT2D eigenvalue weighted by molar-refractivity contribution is -0.385. The first-order valence-electron chi connectivity index (χ1n) is 5.59. The first kappa shape index (κ1) is 16.0. The number of carbonyl (C=O) groups is 1. The van der Waals surface area contributed by atoms with E-state index in [4.69, 9.17) is 23.2 Å². The second-order valence-corrected chi connectivity index (χ2v) is 6.03. The summed E-state index contributed by atoms with van der Waals surface area (Å²) in [5, 5.41) is 14.3. The molecule has 2 aromatic rings. The monoisotopic (exact) mass is 436 g/mol. The molecule has 0 radical (unpaired) electrons. The normalized spacial score (nSPS) is 10.2. The molecule has 5 nitrogen and oxygen atoms in total. The fourth-order valence-electron chi connectivity index (χ4n) is 1.63. The van der Waals surface area contributed by atoms with Gasteiger partial charge in [0.2, 0.25) is 0 Å². The highest BCUT2D eigenvalue weighted by molar-refractivity contribution is 14.1. The molecule has 0 aromatic heterocycles. The van der Waals surface area contributed by atoms with Gasteiger partial charge in [0.25, 0.3) is 11.6 Å². The first-order valence-corrected chi connectivity index (χ1v) is 7.42. The SMILES string of the molecule is O=C(Nc1ccc(Cl)cc1I)c1ccc(Cl)cc1[N+](=O)[O-]. The Kier molecular flexibility index (Phi) is 5.02. The van der Waals surface area contributed by atoms with Gasteiger partial charge in [0.05, 0.1) is 10.6 Å². The van der Waals surface area contributed by atoms with Gasteiger partial charge in [-0.05, 0) is 52.9 Å². The van der Waals surface area contributed by atoms with Crippen LogP contribution in [-0.4, -0.2) is 10.8 Å². The molecular formula is C13H7Cl2IN2O3. The van der Waals surface area contributed by atoms with E-state index >= 15 is 0 Å². The zero-order valence-corrected chi connectivity index (χ0v) is 13.9. The quantitative estimate of drug-likeness (QED) is 0.428. The van der Waals surface area contributed by atoms with Gasteiger partial charge in [-0.3, -0.25) is 14.9 Å². The van der Waals surface area contributed by atoms with Gasteiger partial charge in [0.15, 0.2) is 0 Å². The van der Waals surface area contributed by atoms with Crippen LogP contribution in [0.2, 0.25) is 10.0 Å². The number of anilines is 1. The van der Waals surface area contributed by atoms with Gasteiger partial charge in [0.1, 0.15) is 5.56 Å². The van der Waals surface area contributed by atoms with E-state index in [1.165, 1.54) is 12.1 Å². The van der Waals surface area contributed by atoms with E-state index in [0.29, 0.717) is 10.7 Å². The van der Waals surface area contributed by atoms with Crippen molar-refractivity contribution in [1.82, 2.24) is 0 Å². The lowest BCUT2D eigenvalue weighted by Crippen LogP contribution is -2.14. The number of halogens is 3. The average molecular weight is 437 g/mol. The molecule has 0 spiro atoms. The topological polar surface area (TPSA) is 72.2 Å². The van der Waals surface area contributed by atoms with Crippen LogP contribution in [0.25, 0.3) is 0 Å². The average Bonchev–Trinajstić information content (AvgIpc) is 2.41. The number of hydrogen-bond acceptors (Lipinski definition) is 3. The summed E-state index contributed by atoms with van der Waals surface area (Å²) in [7, 11) is 0. The van der Waals surface area contributed by atoms with Crippen molar-refractivity contribution in [2.75, 3.05) is 5.32 Å². The Labute approximate surface area is 143 Å². The molecule has 108 valence electrons. The number of nitro benzene ring substituents is 1. The van der Waals surface area contributed by atoms with Gasteiger partial charge in [0, 0.05) is 19.7 Å². The number of carbonyl (C=O) groups excluding carboxylic acids is 1. The molecule has 0 aliphatic carbocycles. The lowest BCUT2D eigenvalue weighted by atomic mass is 10.1. The third-order valence-electron chi connectivity index (χ3n) is 2.58. The summed E-state index contributed by atoms with van der Waals surface area (Å²) in [6.45, 7) is 0. The van der Waals surface area contributed by atoms with E-state index in [1.807, 2.05) is 22.6 Å². The maximum Gasteiger partial charge on any atom is 0.283 e. The summed E-state index contributed by atoms with van der Waals surface area (Å²) in [6.07, 6.45) is 0. The molecule has 0 unspecified atom stereocenters. The van der Waals surface area contributed by atoms with Crippen molar-refractivity contribution in [3.63, 3.8) is 0 Å². The summed E-state index contributed by atoms with van der Waals surface area (Å²) in [4.78, 5) is 22.5. The van der Waals surface area contributed by atoms with Gasteiger partial charge in [-0.25, -0.2) is 0 Å². The Bertz CT molecular complexity index is 737. The van der Waals surface area contributed by atoms with Crippen LogP contribution in [0.4, 0.5) is 11.4 Å². The predicted molar refractivity (Wildman–Crippen MR) is 90.2 cm³/mol. The van der Waals surface area contributed by atoms with E-state index in [9.17, 15) is 14.9 Å². The standard InChI is InChI=1S/C13H7Cl2IN2O3/c14-7-2-4-11(10(16)5-7)17-13(19)9-3-1-8(15)6-12(9)18(20)21/h1-6H,(H,17,19). The van der Waals surface area contributed by atoms with E-state index in [2.05, 4.69) is 5.32 Å². The van der Waals surface area contributed by atoms with Crippen LogP contribution in [0.5, 0.6) is 0 Å². The minimum atomic E-state index is -0.645. The summed E-state index contributed by atoms with van der Waals surface area (Å²) < 4.78 is 0.727. The molecular weight excluding hydrogens is 430 g/mol. The molecule has 0 saturated heterocycles. The Balaban J connectivity index is 2.34. The number of nitro groups is 1. The number of benzene rings is 2. The molecule has 21 heavy (non-hydrogen) atoms. The molecule has 0 aliphatic heterocycles. The van der Waals surface area contributed by atoms with Crippen molar-refractivity contribution in [3.8, 4) is 0 Å². The lowest BCUT2D eigenvalue weighted by Gasteiger charge is -2.08. The molecule has 0 atom stereocenters. The number of hydrogen-bond donors (Lipinski definition) is 1. The van der Waals surface area contributed by atoms with Gasteiger partial charge >= 0.3 is 0 Å². The van der Waals surface area contributed by atoms with Crippen LogP contribution in [-0.2, 0) is 0 Å². The second-order valence-electron chi connectivity index (χ2n) is 4.00. The smallest absolute Gasteiger partial charge is 0.283 e. The zero-order chi connectivity index (χ0) is 15.6. The highest BCUT2D eigenvalue weighted by atomic mass is 127. The van der Waals surface area contributed by atoms with Crippen LogP contribution < -0.4 is 5.32 Å². The van der Waals surface area contributed by atoms with Crippen LogP contribution in [0.3, 0.4) is 0 Å². The number of amides is 1. The van der Waals surface area contributed by atoms with Crippen LogP contribution in [0.1, 0.15) is 10.4 Å². The second kappa shape index (κ2) is 6.59. The summed E-state index contributed by atoms with van der Waals surface area (Å²) in [6, 6.07) is 8.81. The number of rotatable bonds is 3. The molecule has 0 bridgehead atoms. The summed E-state index contributed by atoms with van der Waals surface area (Å²) >= 11 is 13.6. The van der Waals surface area contributed by atoms with E-state index in [0.717, 1.165) is 9.64 Å². The highest BCUT2D eigenvalue weighted by Crippen LogP contribution is 2.26. The molecule has 0 saturated carbocycles. The predicted octanol–water partition coefficient (Wildman–Crippen LogP) is 4.76. The molecule has 2 rings (SSSR count). The first-order chi connectivity index (χ1) is 9.88. The highest BCUT2D eigenvalue weighted by Gasteiger charge is 2.21. The van der Waals surface area contributed by atoms with Gasteiger partial charge in [-0.1, -0.05) is 23.2 Å². The molecule has 8 heteroatoms. The minimum absolute atomic E-state index is 0.0600. The fourth-order valence-corrected chi connectivity index (χ4v) is 2.80. The summed E-state index contributed by atoms with van der Waals surface area (Å²) in [5.74, 6) is -0.585. The van der Waals surface area contributed by atoms with Gasteiger partial charge in [-0.15, -0.1) is 0 Å². The van der Waals surface area contributed by atoms with Crippen molar-refractivity contribution in [1.29, 1.82) is 0 Å². The Morgan fingerprint density at radius 3 is 2.38 bits per heavy atom. The molecule has 1 amide bonds. The molecule has 0 aliphatic rings. The van der Waals surface area contributed by atoms with Crippen LogP contribution >= 0.6 is 45.8 Å². The third-order valence-corrected chi connectivity index (χ3v) is 3.94. The Hall–Kier alpha value is -1.38. The van der Waals surface area contributed by atoms with E-state index < -0.39 is 10.8 Å². The molecule has 2 aromatic carbocycles. The fraction of sp³-hybridized carbons (Fsp3) is 0. The number of nitrogens with zero attached hydrogens (tertiary/aromatic N) is 1. The number of nitrogens with one attached hydrogen (secondary N) is 1. The van der Waals surface area contributed by atoms with Crippen molar-refractivity contribution >= 4 is 63.1 Å². The Morgan fingerprint density at radius 1 is 1.14 bits per heavy atom. The summed E-state index contributed by atoms with van der Waals surface area (Å²) in [5.41, 5.74) is 0.119. The minimum Gasteiger partial charge on any atom is -0.321 e. The maximum atomic E-state index is 12.2. The van der Waals surface area contributed by atoms with Crippen LogP contribution in [0, 0.1) is 13.7 Å². The largest absolute Gasteiger partial charge is 0.321 e. The van der Waals surface area contributed by atoms with Gasteiger partial charge in [-0.2, -0.15) is 0 Å². The molecule has 0 heterocycles. The van der Waals surface area contributed by atoms with Crippen molar-refractivity contribution in [2.45, 2.75) is 0 Å². The molecule has 1 N–H and O–H groups in total. The van der Waals surface area contributed by atoms with Crippen molar-refractivity contribution in [3.05, 3.63) is 65.7 Å². The third kappa shape index (κ3) is 3.84. The van der Waals surface area contributed by atoms with E-state index in [1.54, 1.807) is 18.2 Å². The Morgan fingerprint density at radius 2 is 1.76 bits per heavy atom.